The first-order chi connectivity index (χ1) is 9.72. The van der Waals surface area contributed by atoms with Crippen LogP contribution in [0, 0.1) is 0 Å². The Balaban J connectivity index is 1.76. The number of anilines is 1. The van der Waals surface area contributed by atoms with Crippen molar-refractivity contribution in [1.82, 2.24) is 30.2 Å². The maximum absolute atomic E-state index is 11.9. The van der Waals surface area contributed by atoms with Gasteiger partial charge in [0.15, 0.2) is 11.5 Å². The summed E-state index contributed by atoms with van der Waals surface area (Å²) in [5, 5.41) is 17.0. The first kappa shape index (κ1) is 12.0. The van der Waals surface area contributed by atoms with Gasteiger partial charge in [0, 0.05) is 31.1 Å². The largest absolute Gasteiger partial charge is 0.304 e. The van der Waals surface area contributed by atoms with E-state index in [2.05, 4.69) is 30.8 Å². The molecule has 0 aliphatic carbocycles. The maximum Gasteiger partial charge on any atom is 0.279 e. The Morgan fingerprint density at radius 1 is 1.35 bits per heavy atom. The Bertz CT molecular complexity index is 731. The van der Waals surface area contributed by atoms with Crippen LogP contribution in [-0.2, 0) is 7.05 Å². The minimum atomic E-state index is -0.356. The van der Waals surface area contributed by atoms with Gasteiger partial charge in [0.2, 0.25) is 0 Å². The van der Waals surface area contributed by atoms with Gasteiger partial charge in [-0.1, -0.05) is 5.21 Å². The zero-order valence-corrected chi connectivity index (χ0v) is 10.6. The molecular weight excluding hydrogens is 258 g/mol. The second-order valence-electron chi connectivity index (χ2n) is 4.13. The number of nitrogens with one attached hydrogen (secondary N) is 2. The maximum atomic E-state index is 11.9. The van der Waals surface area contributed by atoms with Gasteiger partial charge < -0.3 is 5.32 Å². The average molecular weight is 269 g/mol. The molecule has 0 fully saturated rings. The molecule has 0 radical (unpaired) electrons. The number of pyridine rings is 1. The lowest BCUT2D eigenvalue weighted by molar-refractivity contribution is 0.102. The van der Waals surface area contributed by atoms with Crippen molar-refractivity contribution in [3.63, 3.8) is 0 Å². The van der Waals surface area contributed by atoms with Crippen LogP contribution < -0.4 is 5.32 Å². The minimum absolute atomic E-state index is 0.237. The van der Waals surface area contributed by atoms with Gasteiger partial charge in [0.25, 0.3) is 5.91 Å². The van der Waals surface area contributed by atoms with Crippen molar-refractivity contribution in [2.24, 2.45) is 7.05 Å². The molecule has 0 aromatic carbocycles. The summed E-state index contributed by atoms with van der Waals surface area (Å²) in [6.45, 7) is 0. The van der Waals surface area contributed by atoms with Crippen LogP contribution in [0.3, 0.4) is 0 Å². The lowest BCUT2D eigenvalue weighted by Crippen LogP contribution is -2.12. The Kier molecular flexibility index (Phi) is 2.96. The number of amides is 1. The van der Waals surface area contributed by atoms with Gasteiger partial charge in [-0.05, 0) is 12.1 Å². The van der Waals surface area contributed by atoms with E-state index in [9.17, 15) is 4.79 Å². The third-order valence-electron chi connectivity index (χ3n) is 2.65. The quantitative estimate of drug-likeness (QED) is 0.734. The lowest BCUT2D eigenvalue weighted by Gasteiger charge is -1.96. The van der Waals surface area contributed by atoms with Crippen LogP contribution in [0.2, 0.25) is 0 Å². The van der Waals surface area contributed by atoms with Crippen molar-refractivity contribution in [1.29, 1.82) is 0 Å². The molecule has 8 nitrogen and oxygen atoms in total. The average Bonchev–Trinajstić information content (AvgIpc) is 3.09. The highest BCUT2D eigenvalue weighted by Crippen LogP contribution is 2.18. The Morgan fingerprint density at radius 3 is 2.85 bits per heavy atom. The van der Waals surface area contributed by atoms with E-state index in [0.29, 0.717) is 5.82 Å². The third kappa shape index (κ3) is 2.39. The number of hydrogen-bond acceptors (Lipinski definition) is 5. The fraction of sp³-hybridized carbons (Fsp3) is 0.0833. The van der Waals surface area contributed by atoms with E-state index in [1.165, 1.54) is 10.9 Å². The number of carbonyl (C=O) groups excluding carboxylic acids is 1. The zero-order valence-electron chi connectivity index (χ0n) is 10.6. The van der Waals surface area contributed by atoms with Gasteiger partial charge in [-0.3, -0.25) is 19.6 Å². The van der Waals surface area contributed by atoms with Crippen LogP contribution in [0.15, 0.2) is 36.8 Å². The molecule has 0 aliphatic heterocycles. The molecule has 0 spiro atoms. The number of aryl methyl sites for hydroxylation is 1. The fourth-order valence-corrected chi connectivity index (χ4v) is 1.70. The van der Waals surface area contributed by atoms with Gasteiger partial charge in [-0.25, -0.2) is 0 Å². The number of aromatic amines is 1. The topological polar surface area (TPSA) is 101 Å². The molecule has 0 saturated carbocycles. The lowest BCUT2D eigenvalue weighted by atomic mass is 10.2. The number of nitrogens with zero attached hydrogens (tertiary/aromatic N) is 5. The van der Waals surface area contributed by atoms with E-state index in [0.717, 1.165) is 11.3 Å². The zero-order chi connectivity index (χ0) is 13.9. The predicted molar refractivity (Wildman–Crippen MR) is 70.8 cm³/mol. The number of carbonyl (C=O) groups is 1. The summed E-state index contributed by atoms with van der Waals surface area (Å²) in [5.74, 6) is 0.0679. The molecule has 3 aromatic rings. The van der Waals surface area contributed by atoms with Crippen molar-refractivity contribution in [2.75, 3.05) is 5.32 Å². The molecular formula is C12H11N7O. The summed E-state index contributed by atoms with van der Waals surface area (Å²) in [4.78, 5) is 15.8. The molecule has 2 N–H and O–H groups in total. The van der Waals surface area contributed by atoms with Gasteiger partial charge >= 0.3 is 0 Å². The van der Waals surface area contributed by atoms with Gasteiger partial charge in [0.1, 0.15) is 0 Å². The van der Waals surface area contributed by atoms with Crippen LogP contribution in [0.5, 0.6) is 0 Å². The summed E-state index contributed by atoms with van der Waals surface area (Å²) in [6, 6.07) is 5.44. The molecule has 0 atom stereocenters. The summed E-state index contributed by atoms with van der Waals surface area (Å²) in [6.07, 6.45) is 4.91. The molecule has 3 heterocycles. The van der Waals surface area contributed by atoms with Crippen molar-refractivity contribution in [3.8, 4) is 11.3 Å². The molecule has 3 rings (SSSR count). The van der Waals surface area contributed by atoms with Crippen LogP contribution in [0.1, 0.15) is 10.5 Å². The van der Waals surface area contributed by atoms with Crippen LogP contribution in [-0.4, -0.2) is 36.1 Å². The Morgan fingerprint density at radius 2 is 2.15 bits per heavy atom. The molecule has 20 heavy (non-hydrogen) atoms. The van der Waals surface area contributed by atoms with Crippen LogP contribution in [0.25, 0.3) is 11.3 Å². The van der Waals surface area contributed by atoms with Crippen LogP contribution in [0.4, 0.5) is 5.82 Å². The summed E-state index contributed by atoms with van der Waals surface area (Å²) < 4.78 is 1.46. The van der Waals surface area contributed by atoms with E-state index in [1.807, 2.05) is 12.1 Å². The van der Waals surface area contributed by atoms with Crippen LogP contribution >= 0.6 is 0 Å². The van der Waals surface area contributed by atoms with E-state index in [1.54, 1.807) is 25.5 Å². The molecule has 0 unspecified atom stereocenters. The van der Waals surface area contributed by atoms with Crippen molar-refractivity contribution >= 4 is 11.7 Å². The molecule has 0 saturated heterocycles. The highest BCUT2D eigenvalue weighted by Gasteiger charge is 2.12. The second-order valence-corrected chi connectivity index (χ2v) is 4.13. The normalized spacial score (nSPS) is 10.4. The second kappa shape index (κ2) is 4.92. The summed E-state index contributed by atoms with van der Waals surface area (Å²) in [5.41, 5.74) is 1.97. The van der Waals surface area contributed by atoms with Gasteiger partial charge in [-0.15, -0.1) is 5.10 Å². The molecule has 8 heteroatoms. The van der Waals surface area contributed by atoms with Gasteiger partial charge in [0.05, 0.1) is 11.9 Å². The molecule has 3 aromatic heterocycles. The van der Waals surface area contributed by atoms with E-state index < -0.39 is 0 Å². The standard InChI is InChI=1S/C12H11N7O/c1-19-7-10(16-18-19)12(20)14-11-6-9(15-17-11)8-2-4-13-5-3-8/h2-7H,1H3,(H2,14,15,17,20). The SMILES string of the molecule is Cn1cc(C(=O)Nc2cc(-c3ccncc3)[nH]n2)nn1. The minimum Gasteiger partial charge on any atom is -0.304 e. The van der Waals surface area contributed by atoms with E-state index >= 15 is 0 Å². The number of aromatic nitrogens is 6. The molecule has 100 valence electrons. The first-order valence-corrected chi connectivity index (χ1v) is 5.86. The fourth-order valence-electron chi connectivity index (χ4n) is 1.70. The van der Waals surface area contributed by atoms with Crippen molar-refractivity contribution in [3.05, 3.63) is 42.5 Å². The number of H-pyrrole nitrogens is 1. The van der Waals surface area contributed by atoms with E-state index in [4.69, 9.17) is 0 Å². The molecule has 0 aliphatic rings. The molecule has 1 amide bonds. The first-order valence-electron chi connectivity index (χ1n) is 5.86. The molecule has 0 bridgehead atoms. The van der Waals surface area contributed by atoms with Gasteiger partial charge in [-0.2, -0.15) is 5.10 Å². The third-order valence-corrected chi connectivity index (χ3v) is 2.65. The van der Waals surface area contributed by atoms with Crippen molar-refractivity contribution < 1.29 is 4.79 Å². The highest BCUT2D eigenvalue weighted by molar-refractivity contribution is 6.02. The number of rotatable bonds is 3. The Labute approximate surface area is 113 Å². The number of hydrogen-bond donors (Lipinski definition) is 2. The Hall–Kier alpha value is -3.03. The monoisotopic (exact) mass is 269 g/mol. The summed E-state index contributed by atoms with van der Waals surface area (Å²) >= 11 is 0. The predicted octanol–water partition coefficient (Wildman–Crippen LogP) is 0.852. The van der Waals surface area contributed by atoms with E-state index in [-0.39, 0.29) is 11.6 Å². The highest BCUT2D eigenvalue weighted by atomic mass is 16.2. The summed E-state index contributed by atoms with van der Waals surface area (Å²) in [7, 11) is 1.69. The smallest absolute Gasteiger partial charge is 0.279 e. The van der Waals surface area contributed by atoms with Crippen molar-refractivity contribution in [2.45, 2.75) is 0 Å².